The lowest BCUT2D eigenvalue weighted by atomic mass is 10.0. The van der Waals surface area contributed by atoms with E-state index >= 15 is 0 Å². The summed E-state index contributed by atoms with van der Waals surface area (Å²) in [4.78, 5) is 18.8. The zero-order valence-corrected chi connectivity index (χ0v) is 12.7. The van der Waals surface area contributed by atoms with Crippen LogP contribution in [0.1, 0.15) is 30.7 Å². The fourth-order valence-electron chi connectivity index (χ4n) is 2.13. The Bertz CT molecular complexity index is 378. The summed E-state index contributed by atoms with van der Waals surface area (Å²) in [5, 5.41) is 6.22. The summed E-state index contributed by atoms with van der Waals surface area (Å²) in [6, 6.07) is 0. The first-order valence-corrected chi connectivity index (χ1v) is 6.22. The van der Waals surface area contributed by atoms with Crippen molar-refractivity contribution in [1.29, 1.82) is 0 Å². The van der Waals surface area contributed by atoms with Gasteiger partial charge in [0.2, 0.25) is 5.91 Å². The molecule has 7 heteroatoms. The van der Waals surface area contributed by atoms with Crippen molar-refractivity contribution in [2.75, 3.05) is 13.1 Å². The van der Waals surface area contributed by atoms with Crippen LogP contribution in [-0.4, -0.2) is 29.0 Å². The van der Waals surface area contributed by atoms with Gasteiger partial charge in [-0.15, -0.1) is 24.8 Å². The summed E-state index contributed by atoms with van der Waals surface area (Å²) in [7, 11) is 0. The molecule has 0 bridgehead atoms. The minimum absolute atomic E-state index is 0. The van der Waals surface area contributed by atoms with Crippen LogP contribution in [0, 0.1) is 12.8 Å². The first-order valence-electron chi connectivity index (χ1n) is 6.22. The number of aryl methyl sites for hydroxylation is 1. The summed E-state index contributed by atoms with van der Waals surface area (Å²) in [5.41, 5.74) is 1.94. The van der Waals surface area contributed by atoms with Crippen molar-refractivity contribution < 1.29 is 4.79 Å². The van der Waals surface area contributed by atoms with E-state index in [1.807, 2.05) is 6.92 Å². The van der Waals surface area contributed by atoms with Gasteiger partial charge in [-0.1, -0.05) is 0 Å². The molecule has 1 atom stereocenters. The molecule has 1 aromatic heterocycles. The van der Waals surface area contributed by atoms with Crippen molar-refractivity contribution >= 4 is 30.7 Å². The van der Waals surface area contributed by atoms with Gasteiger partial charge in [0.05, 0.1) is 18.6 Å². The molecule has 1 saturated heterocycles. The van der Waals surface area contributed by atoms with Gasteiger partial charge in [0.1, 0.15) is 0 Å². The second-order valence-electron chi connectivity index (χ2n) is 4.65. The Morgan fingerprint density at radius 1 is 1.53 bits per heavy atom. The van der Waals surface area contributed by atoms with E-state index in [1.54, 1.807) is 6.33 Å². The third kappa shape index (κ3) is 5.80. The molecule has 5 nitrogen and oxygen atoms in total. The van der Waals surface area contributed by atoms with E-state index in [0.717, 1.165) is 30.9 Å². The number of halogens is 2. The fourth-order valence-corrected chi connectivity index (χ4v) is 2.13. The van der Waals surface area contributed by atoms with Crippen LogP contribution in [-0.2, 0) is 11.3 Å². The molecule has 0 radical (unpaired) electrons. The highest BCUT2D eigenvalue weighted by atomic mass is 35.5. The number of carbonyl (C=O) groups excluding carboxylic acids is 1. The maximum absolute atomic E-state index is 11.6. The Balaban J connectivity index is 0.00000162. The Kier molecular flexibility index (Phi) is 8.80. The monoisotopic (exact) mass is 308 g/mol. The highest BCUT2D eigenvalue weighted by molar-refractivity contribution is 5.85. The van der Waals surface area contributed by atoms with Crippen molar-refractivity contribution in [2.24, 2.45) is 5.92 Å². The Hall–Kier alpha value is -0.780. The first kappa shape index (κ1) is 18.2. The van der Waals surface area contributed by atoms with Crippen molar-refractivity contribution in [2.45, 2.75) is 32.7 Å². The van der Waals surface area contributed by atoms with E-state index in [2.05, 4.69) is 20.6 Å². The van der Waals surface area contributed by atoms with Crippen molar-refractivity contribution in [3.63, 3.8) is 0 Å². The third-order valence-corrected chi connectivity index (χ3v) is 3.33. The number of hydrogen-bond acceptors (Lipinski definition) is 3. The van der Waals surface area contributed by atoms with E-state index in [4.69, 9.17) is 0 Å². The smallest absolute Gasteiger partial charge is 0.220 e. The van der Waals surface area contributed by atoms with E-state index in [-0.39, 0.29) is 30.7 Å². The maximum Gasteiger partial charge on any atom is 0.220 e. The number of nitrogens with one attached hydrogen (secondary N) is 3. The molecular weight excluding hydrogens is 287 g/mol. The van der Waals surface area contributed by atoms with Crippen molar-refractivity contribution in [3.05, 3.63) is 17.7 Å². The van der Waals surface area contributed by atoms with Crippen LogP contribution in [0.3, 0.4) is 0 Å². The molecular formula is C12H22Cl2N4O. The minimum atomic E-state index is 0. The molecule has 0 aliphatic carbocycles. The van der Waals surface area contributed by atoms with Crippen molar-refractivity contribution in [3.8, 4) is 0 Å². The number of carbonyl (C=O) groups is 1. The second kappa shape index (κ2) is 9.18. The second-order valence-corrected chi connectivity index (χ2v) is 4.65. The van der Waals surface area contributed by atoms with Crippen molar-refractivity contribution in [1.82, 2.24) is 20.6 Å². The van der Waals surface area contributed by atoms with Gasteiger partial charge >= 0.3 is 0 Å². The van der Waals surface area contributed by atoms with Gasteiger partial charge in [-0.25, -0.2) is 4.98 Å². The highest BCUT2D eigenvalue weighted by Gasteiger charge is 2.15. The Morgan fingerprint density at radius 2 is 2.32 bits per heavy atom. The lowest BCUT2D eigenvalue weighted by Crippen LogP contribution is -2.24. The first-order chi connectivity index (χ1) is 8.25. The van der Waals surface area contributed by atoms with Gasteiger partial charge in [0.15, 0.2) is 0 Å². The molecule has 3 N–H and O–H groups in total. The molecule has 0 spiro atoms. The van der Waals surface area contributed by atoms with Gasteiger partial charge in [-0.2, -0.15) is 0 Å². The zero-order chi connectivity index (χ0) is 12.1. The topological polar surface area (TPSA) is 69.8 Å². The number of hydrogen-bond donors (Lipinski definition) is 3. The summed E-state index contributed by atoms with van der Waals surface area (Å²) in [6.07, 6.45) is 4.46. The van der Waals surface area contributed by atoms with Gasteiger partial charge in [0, 0.05) is 12.1 Å². The number of aromatic nitrogens is 2. The molecule has 19 heavy (non-hydrogen) atoms. The minimum Gasteiger partial charge on any atom is -0.350 e. The number of H-pyrrole nitrogens is 1. The summed E-state index contributed by atoms with van der Waals surface area (Å²) in [6.45, 7) is 4.64. The van der Waals surface area contributed by atoms with Gasteiger partial charge in [-0.05, 0) is 38.8 Å². The van der Waals surface area contributed by atoms with Crippen LogP contribution in [0.4, 0.5) is 0 Å². The predicted octanol–water partition coefficient (Wildman–Crippen LogP) is 1.57. The maximum atomic E-state index is 11.6. The molecule has 1 amide bonds. The Labute approximate surface area is 126 Å². The van der Waals surface area contributed by atoms with Gasteiger partial charge < -0.3 is 15.6 Å². The summed E-state index contributed by atoms with van der Waals surface area (Å²) < 4.78 is 0. The normalized spacial score (nSPS) is 17.4. The third-order valence-electron chi connectivity index (χ3n) is 3.33. The molecule has 1 unspecified atom stereocenters. The van der Waals surface area contributed by atoms with E-state index < -0.39 is 0 Å². The lowest BCUT2D eigenvalue weighted by Gasteiger charge is -2.08. The highest BCUT2D eigenvalue weighted by Crippen LogP contribution is 2.14. The molecule has 0 saturated carbocycles. The van der Waals surface area contributed by atoms with E-state index in [0.29, 0.717) is 18.9 Å². The van der Waals surface area contributed by atoms with Crippen LogP contribution in [0.5, 0.6) is 0 Å². The number of aromatic amines is 1. The molecule has 110 valence electrons. The van der Waals surface area contributed by atoms with Crippen LogP contribution < -0.4 is 10.6 Å². The Morgan fingerprint density at radius 3 is 2.89 bits per heavy atom. The van der Waals surface area contributed by atoms with Crippen LogP contribution in [0.2, 0.25) is 0 Å². The number of nitrogens with zero attached hydrogens (tertiary/aromatic N) is 1. The fraction of sp³-hybridized carbons (Fsp3) is 0.667. The SMILES string of the molecule is Cc1[nH]cnc1CNC(=O)CCC1CCNC1.Cl.Cl. The average Bonchev–Trinajstić information content (AvgIpc) is 2.95. The largest absolute Gasteiger partial charge is 0.350 e. The van der Waals surface area contributed by atoms with E-state index in [1.165, 1.54) is 6.42 Å². The number of rotatable bonds is 5. The standard InChI is InChI=1S/C12H20N4O.2ClH/c1-9-11(16-8-15-9)7-14-12(17)3-2-10-4-5-13-6-10;;/h8,10,13H,2-7H2,1H3,(H,14,17)(H,15,16);2*1H. The van der Waals surface area contributed by atoms with E-state index in [9.17, 15) is 4.79 Å². The molecule has 1 fully saturated rings. The predicted molar refractivity (Wildman–Crippen MR) is 79.9 cm³/mol. The van der Waals surface area contributed by atoms with Crippen LogP contribution in [0.25, 0.3) is 0 Å². The van der Waals surface area contributed by atoms with Crippen LogP contribution >= 0.6 is 24.8 Å². The molecule has 2 heterocycles. The molecule has 2 rings (SSSR count). The summed E-state index contributed by atoms with van der Waals surface area (Å²) >= 11 is 0. The lowest BCUT2D eigenvalue weighted by molar-refractivity contribution is -0.121. The molecule has 1 aromatic rings. The molecule has 1 aliphatic rings. The number of imidazole rings is 1. The molecule has 0 aromatic carbocycles. The number of amides is 1. The zero-order valence-electron chi connectivity index (χ0n) is 11.1. The molecule has 1 aliphatic heterocycles. The van der Waals surface area contributed by atoms with Crippen LogP contribution in [0.15, 0.2) is 6.33 Å². The average molecular weight is 309 g/mol. The van der Waals surface area contributed by atoms with Gasteiger partial charge in [-0.3, -0.25) is 4.79 Å². The van der Waals surface area contributed by atoms with Gasteiger partial charge in [0.25, 0.3) is 0 Å². The quantitative estimate of drug-likeness (QED) is 0.773. The summed E-state index contributed by atoms with van der Waals surface area (Å²) in [5.74, 6) is 0.798.